The zero-order valence-electron chi connectivity index (χ0n) is 14.9. The zero-order chi connectivity index (χ0) is 19.3. The van der Waals surface area contributed by atoms with Crippen molar-refractivity contribution in [3.05, 3.63) is 28.3 Å². The fraction of sp³-hybridized carbons (Fsp3) is 0.562. The van der Waals surface area contributed by atoms with Crippen LogP contribution in [0.4, 0.5) is 11.4 Å². The van der Waals surface area contributed by atoms with E-state index in [1.165, 1.54) is 23.4 Å². The zero-order valence-corrected chi connectivity index (χ0v) is 15.7. The molecule has 144 valence electrons. The first-order valence-electron chi connectivity index (χ1n) is 8.48. The number of amides is 1. The van der Waals surface area contributed by atoms with Crippen LogP contribution in [-0.4, -0.2) is 49.7 Å². The van der Waals surface area contributed by atoms with Crippen molar-refractivity contribution in [2.24, 2.45) is 5.92 Å². The first-order chi connectivity index (χ1) is 12.2. The van der Waals surface area contributed by atoms with Crippen LogP contribution in [-0.2, 0) is 14.8 Å². The maximum atomic E-state index is 12.8. The number of nitro groups is 1. The van der Waals surface area contributed by atoms with Gasteiger partial charge in [-0.05, 0) is 30.9 Å². The number of carbonyl (C=O) groups excluding carboxylic acids is 1. The number of carbonyl (C=O) groups is 1. The van der Waals surface area contributed by atoms with Crippen LogP contribution < -0.4 is 10.6 Å². The average Bonchev–Trinajstić information content (AvgIpc) is 2.58. The minimum absolute atomic E-state index is 0.0780. The SMILES string of the molecule is CC(=O)NCCNc1ccc(S(=O)(=O)N2CCC[C@H](C)C2)cc1[N+](=O)[O-]. The van der Waals surface area contributed by atoms with E-state index in [0.717, 1.165) is 18.9 Å². The third-order valence-corrected chi connectivity index (χ3v) is 6.10. The average molecular weight is 384 g/mol. The lowest BCUT2D eigenvalue weighted by Crippen LogP contribution is -2.39. The highest BCUT2D eigenvalue weighted by molar-refractivity contribution is 7.89. The van der Waals surface area contributed by atoms with Crippen LogP contribution in [0.2, 0.25) is 0 Å². The van der Waals surface area contributed by atoms with Crippen molar-refractivity contribution in [3.8, 4) is 0 Å². The second-order valence-electron chi connectivity index (χ2n) is 6.46. The van der Waals surface area contributed by atoms with Gasteiger partial charge in [0.2, 0.25) is 15.9 Å². The van der Waals surface area contributed by atoms with E-state index in [0.29, 0.717) is 19.6 Å². The number of anilines is 1. The summed E-state index contributed by atoms with van der Waals surface area (Å²) in [6.07, 6.45) is 1.76. The van der Waals surface area contributed by atoms with Crippen molar-refractivity contribution in [2.45, 2.75) is 31.6 Å². The highest BCUT2D eigenvalue weighted by atomic mass is 32.2. The number of benzene rings is 1. The smallest absolute Gasteiger partial charge is 0.293 e. The molecule has 0 radical (unpaired) electrons. The second-order valence-corrected chi connectivity index (χ2v) is 8.39. The summed E-state index contributed by atoms with van der Waals surface area (Å²) < 4.78 is 27.0. The molecule has 1 aromatic rings. The predicted molar refractivity (Wildman–Crippen MR) is 97.4 cm³/mol. The summed E-state index contributed by atoms with van der Waals surface area (Å²) in [5.41, 5.74) is -0.0923. The van der Waals surface area contributed by atoms with Crippen molar-refractivity contribution in [1.29, 1.82) is 0 Å². The van der Waals surface area contributed by atoms with Crippen molar-refractivity contribution < 1.29 is 18.1 Å². The summed E-state index contributed by atoms with van der Waals surface area (Å²) in [5.74, 6) is 0.0710. The second kappa shape index (κ2) is 8.45. The third kappa shape index (κ3) is 4.92. The molecule has 1 heterocycles. The molecule has 1 fully saturated rings. The van der Waals surface area contributed by atoms with Crippen molar-refractivity contribution in [2.75, 3.05) is 31.5 Å². The van der Waals surface area contributed by atoms with E-state index >= 15 is 0 Å². The van der Waals surface area contributed by atoms with Gasteiger partial charge in [0, 0.05) is 39.2 Å². The molecule has 1 atom stereocenters. The normalized spacial score (nSPS) is 18.3. The molecule has 1 aliphatic rings. The lowest BCUT2D eigenvalue weighted by atomic mass is 10.0. The number of nitrogens with zero attached hydrogens (tertiary/aromatic N) is 2. The number of rotatable bonds is 7. The lowest BCUT2D eigenvalue weighted by Gasteiger charge is -2.30. The molecule has 26 heavy (non-hydrogen) atoms. The number of nitro benzene ring substituents is 1. The molecule has 0 aliphatic carbocycles. The van der Waals surface area contributed by atoms with E-state index in [1.807, 2.05) is 6.92 Å². The Morgan fingerprint density at radius 3 is 2.73 bits per heavy atom. The van der Waals surface area contributed by atoms with E-state index in [9.17, 15) is 23.3 Å². The summed E-state index contributed by atoms with van der Waals surface area (Å²) in [6.45, 7) is 4.81. The number of hydrogen-bond acceptors (Lipinski definition) is 6. The van der Waals surface area contributed by atoms with Gasteiger partial charge in [0.15, 0.2) is 0 Å². The van der Waals surface area contributed by atoms with Crippen LogP contribution in [0.1, 0.15) is 26.7 Å². The summed E-state index contributed by atoms with van der Waals surface area (Å²) in [4.78, 5) is 21.5. The molecule has 0 aromatic heterocycles. The molecular formula is C16H24N4O5S. The van der Waals surface area contributed by atoms with Gasteiger partial charge in [0.25, 0.3) is 5.69 Å². The fourth-order valence-electron chi connectivity index (χ4n) is 2.92. The van der Waals surface area contributed by atoms with Gasteiger partial charge in [0.05, 0.1) is 9.82 Å². The minimum Gasteiger partial charge on any atom is -0.378 e. The number of hydrogen-bond donors (Lipinski definition) is 2. The van der Waals surface area contributed by atoms with Gasteiger partial charge in [-0.3, -0.25) is 14.9 Å². The Hall–Kier alpha value is -2.20. The Bertz CT molecular complexity index is 781. The Labute approximate surface area is 153 Å². The van der Waals surface area contributed by atoms with Crippen LogP contribution in [0, 0.1) is 16.0 Å². The largest absolute Gasteiger partial charge is 0.378 e. The van der Waals surface area contributed by atoms with E-state index in [2.05, 4.69) is 10.6 Å². The van der Waals surface area contributed by atoms with Gasteiger partial charge in [-0.2, -0.15) is 4.31 Å². The van der Waals surface area contributed by atoms with Crippen molar-refractivity contribution in [1.82, 2.24) is 9.62 Å². The standard InChI is InChI=1S/C16H24N4O5S/c1-12-4-3-9-19(11-12)26(24,25)14-5-6-15(16(10-14)20(22)23)18-8-7-17-13(2)21/h5-6,10,12,18H,3-4,7-9,11H2,1-2H3,(H,17,21)/t12-/m0/s1. The molecule has 0 unspecified atom stereocenters. The highest BCUT2D eigenvalue weighted by Crippen LogP contribution is 2.30. The van der Waals surface area contributed by atoms with Gasteiger partial charge in [-0.1, -0.05) is 6.92 Å². The van der Waals surface area contributed by atoms with Gasteiger partial charge in [-0.25, -0.2) is 8.42 Å². The fourth-order valence-corrected chi connectivity index (χ4v) is 4.54. The summed E-state index contributed by atoms with van der Waals surface area (Å²) in [5, 5.41) is 16.8. The van der Waals surface area contributed by atoms with E-state index in [1.54, 1.807) is 0 Å². The molecule has 2 N–H and O–H groups in total. The number of piperidine rings is 1. The summed E-state index contributed by atoms with van der Waals surface area (Å²) >= 11 is 0. The maximum Gasteiger partial charge on any atom is 0.293 e. The maximum absolute atomic E-state index is 12.8. The molecule has 10 heteroatoms. The quantitative estimate of drug-likeness (QED) is 0.418. The Balaban J connectivity index is 2.21. The van der Waals surface area contributed by atoms with E-state index < -0.39 is 14.9 Å². The minimum atomic E-state index is -3.76. The topological polar surface area (TPSA) is 122 Å². The molecule has 0 saturated carbocycles. The molecule has 0 spiro atoms. The summed E-state index contributed by atoms with van der Waals surface area (Å²) in [6, 6.07) is 3.86. The first kappa shape index (κ1) is 20.1. The number of nitrogens with one attached hydrogen (secondary N) is 2. The van der Waals surface area contributed by atoms with Gasteiger partial charge in [-0.15, -0.1) is 0 Å². The molecule has 1 saturated heterocycles. The van der Waals surface area contributed by atoms with Crippen molar-refractivity contribution >= 4 is 27.3 Å². The first-order valence-corrected chi connectivity index (χ1v) is 9.92. The van der Waals surface area contributed by atoms with Crippen LogP contribution >= 0.6 is 0 Å². The molecule has 1 aromatic carbocycles. The van der Waals surface area contributed by atoms with E-state index in [-0.39, 0.29) is 34.6 Å². The Morgan fingerprint density at radius 1 is 1.38 bits per heavy atom. The molecule has 0 bridgehead atoms. The van der Waals surface area contributed by atoms with Crippen LogP contribution in [0.5, 0.6) is 0 Å². The molecule has 1 aliphatic heterocycles. The van der Waals surface area contributed by atoms with Crippen LogP contribution in [0.15, 0.2) is 23.1 Å². The van der Waals surface area contributed by atoms with Gasteiger partial charge in [0.1, 0.15) is 5.69 Å². The van der Waals surface area contributed by atoms with Crippen LogP contribution in [0.3, 0.4) is 0 Å². The number of sulfonamides is 1. The van der Waals surface area contributed by atoms with Crippen LogP contribution in [0.25, 0.3) is 0 Å². The Kier molecular flexibility index (Phi) is 6.54. The third-order valence-electron chi connectivity index (χ3n) is 4.24. The van der Waals surface area contributed by atoms with Gasteiger partial charge < -0.3 is 10.6 Å². The summed E-state index contributed by atoms with van der Waals surface area (Å²) in [7, 11) is -3.76. The Morgan fingerprint density at radius 2 is 2.12 bits per heavy atom. The highest BCUT2D eigenvalue weighted by Gasteiger charge is 2.30. The molecule has 1 amide bonds. The van der Waals surface area contributed by atoms with Gasteiger partial charge >= 0.3 is 0 Å². The lowest BCUT2D eigenvalue weighted by molar-refractivity contribution is -0.384. The molecular weight excluding hydrogens is 360 g/mol. The predicted octanol–water partition coefficient (Wildman–Crippen LogP) is 1.56. The van der Waals surface area contributed by atoms with E-state index in [4.69, 9.17) is 0 Å². The molecule has 2 rings (SSSR count). The monoisotopic (exact) mass is 384 g/mol. The van der Waals surface area contributed by atoms with Crippen molar-refractivity contribution in [3.63, 3.8) is 0 Å². The molecule has 9 nitrogen and oxygen atoms in total.